The fourth-order valence-corrected chi connectivity index (χ4v) is 7.33. The molecule has 0 saturated heterocycles. The lowest BCUT2D eigenvalue weighted by Gasteiger charge is -2.25. The van der Waals surface area contributed by atoms with Crippen LogP contribution in [0.2, 0.25) is 0 Å². The molecule has 0 spiro atoms. The summed E-state index contributed by atoms with van der Waals surface area (Å²) in [6.07, 6.45) is 2.12. The summed E-state index contributed by atoms with van der Waals surface area (Å²) in [5, 5.41) is 5.40. The average Bonchev–Trinajstić information content (AvgIpc) is 3.00. The molecule has 2 unspecified atom stereocenters. The van der Waals surface area contributed by atoms with E-state index in [1.54, 1.807) is 13.8 Å². The number of aryl methyl sites for hydroxylation is 2. The first kappa shape index (κ1) is 36.1. The fourth-order valence-electron chi connectivity index (χ4n) is 5.42. The molecule has 0 aromatic heterocycles. The maximum Gasteiger partial charge on any atom is 0.251 e. The quantitative estimate of drug-likeness (QED) is 0.219. The number of sulfone groups is 2. The number of rotatable bonds is 12. The zero-order valence-corrected chi connectivity index (χ0v) is 28.2. The van der Waals surface area contributed by atoms with Crippen LogP contribution in [0.15, 0.2) is 94.7 Å². The van der Waals surface area contributed by atoms with Crippen molar-refractivity contribution >= 4 is 37.3 Å². The third-order valence-electron chi connectivity index (χ3n) is 7.83. The summed E-state index contributed by atoms with van der Waals surface area (Å²) in [4.78, 5) is 40.7. The molecule has 0 aliphatic heterocycles. The first-order valence-corrected chi connectivity index (χ1v) is 18.5. The number of carbonyl (C=O) groups is 3. The summed E-state index contributed by atoms with van der Waals surface area (Å²) in [6.45, 7) is 2.64. The van der Waals surface area contributed by atoms with E-state index in [-0.39, 0.29) is 34.0 Å². The Morgan fingerprint density at radius 3 is 1.21 bits per heavy atom. The molecule has 4 aromatic rings. The summed E-state index contributed by atoms with van der Waals surface area (Å²) in [5.74, 6) is -4.90. The van der Waals surface area contributed by atoms with Crippen molar-refractivity contribution in [3.8, 4) is 0 Å². The molecule has 0 fully saturated rings. The van der Waals surface area contributed by atoms with Crippen LogP contribution < -0.4 is 10.6 Å². The predicted octanol–water partition coefficient (Wildman–Crippen LogP) is 4.69. The van der Waals surface area contributed by atoms with E-state index in [2.05, 4.69) is 10.6 Å². The molecule has 9 nitrogen and oxygen atoms in total. The molecule has 0 aliphatic rings. The van der Waals surface area contributed by atoms with Crippen molar-refractivity contribution in [1.29, 1.82) is 0 Å². The second kappa shape index (κ2) is 14.6. The van der Waals surface area contributed by atoms with Crippen LogP contribution in [0.5, 0.6) is 0 Å². The Hall–Kier alpha value is -4.75. The van der Waals surface area contributed by atoms with Crippen LogP contribution in [-0.4, -0.2) is 60.0 Å². The summed E-state index contributed by atoms with van der Waals surface area (Å²) >= 11 is 0. The lowest BCUT2D eigenvalue weighted by molar-refractivity contribution is -0.121. The van der Waals surface area contributed by atoms with Crippen molar-refractivity contribution in [2.45, 2.75) is 35.5 Å². The van der Waals surface area contributed by atoms with Gasteiger partial charge in [0, 0.05) is 36.7 Å². The number of nitrogens with one attached hydrogen (secondary N) is 2. The maximum absolute atomic E-state index is 14.6. The molecule has 48 heavy (non-hydrogen) atoms. The minimum atomic E-state index is -3.59. The van der Waals surface area contributed by atoms with Gasteiger partial charge in [0.15, 0.2) is 25.5 Å². The highest BCUT2D eigenvalue weighted by atomic mass is 32.2. The number of halogens is 2. The second-order valence-electron chi connectivity index (χ2n) is 11.5. The molecule has 2 atom stereocenters. The molecule has 0 saturated carbocycles. The van der Waals surface area contributed by atoms with Crippen molar-refractivity contribution in [2.75, 3.05) is 25.6 Å². The normalized spacial score (nSPS) is 13.0. The van der Waals surface area contributed by atoms with Crippen LogP contribution in [-0.2, 0) is 24.5 Å². The molecular weight excluding hydrogens is 663 g/mol. The standard InChI is InChI=1S/C35H34F2N2O7S2/c1-21-17-25(9-15-31(21)47(3,43)44)29(19-38-34(41)23-5-11-27(36)12-6-23)33(40)30(20-39-35(42)24-7-13-28(37)14-8-24)26-10-16-32(22(2)18-26)48(4,45)46/h5-18,29-30H,19-20H2,1-4H3,(H,38,41)(H,39,42). The van der Waals surface area contributed by atoms with Crippen molar-refractivity contribution in [1.82, 2.24) is 10.6 Å². The molecule has 0 heterocycles. The number of benzene rings is 4. The van der Waals surface area contributed by atoms with Gasteiger partial charge in [0.05, 0.1) is 21.6 Å². The number of carbonyl (C=O) groups excluding carboxylic acids is 3. The number of Topliss-reactive ketones (excluding diaryl/α,β-unsaturated/α-hetero) is 1. The van der Waals surface area contributed by atoms with Crippen molar-refractivity contribution in [3.05, 3.63) is 130 Å². The van der Waals surface area contributed by atoms with Gasteiger partial charge in [-0.3, -0.25) is 14.4 Å². The van der Waals surface area contributed by atoms with Gasteiger partial charge in [-0.1, -0.05) is 24.3 Å². The Morgan fingerprint density at radius 2 is 0.917 bits per heavy atom. The SMILES string of the molecule is Cc1cc(C(CNC(=O)c2ccc(F)cc2)C(=O)C(CNC(=O)c2ccc(F)cc2)c2ccc(S(C)(=O)=O)c(C)c2)ccc1S(C)(=O)=O. The number of ketones is 1. The molecule has 252 valence electrons. The van der Waals surface area contributed by atoms with E-state index < -0.39 is 60.7 Å². The van der Waals surface area contributed by atoms with Crippen LogP contribution in [0.3, 0.4) is 0 Å². The Labute approximate surface area is 278 Å². The summed E-state index contributed by atoms with van der Waals surface area (Å²) in [6, 6.07) is 18.4. The average molecular weight is 697 g/mol. The summed E-state index contributed by atoms with van der Waals surface area (Å²) in [5.41, 5.74) is 1.77. The Kier molecular flexibility index (Phi) is 11.0. The van der Waals surface area contributed by atoms with Crippen molar-refractivity contribution < 1.29 is 40.0 Å². The zero-order chi connectivity index (χ0) is 35.4. The second-order valence-corrected chi connectivity index (χ2v) is 15.5. The van der Waals surface area contributed by atoms with Gasteiger partial charge in [-0.2, -0.15) is 0 Å². The third kappa shape index (κ3) is 8.78. The van der Waals surface area contributed by atoms with Crippen molar-refractivity contribution in [3.63, 3.8) is 0 Å². The van der Waals surface area contributed by atoms with Gasteiger partial charge in [0.25, 0.3) is 11.8 Å². The van der Waals surface area contributed by atoms with Gasteiger partial charge < -0.3 is 10.6 Å². The molecule has 0 aliphatic carbocycles. The third-order valence-corrected chi connectivity index (χ3v) is 10.3. The summed E-state index contributed by atoms with van der Waals surface area (Å²) in [7, 11) is -7.19. The van der Waals surface area contributed by atoms with Gasteiger partial charge in [-0.05, 0) is 96.8 Å². The van der Waals surface area contributed by atoms with E-state index in [0.29, 0.717) is 22.3 Å². The highest BCUT2D eigenvalue weighted by Crippen LogP contribution is 2.30. The minimum absolute atomic E-state index is 0.0582. The fraction of sp³-hybridized carbons (Fsp3) is 0.229. The van der Waals surface area contributed by atoms with Gasteiger partial charge in [-0.15, -0.1) is 0 Å². The topological polar surface area (TPSA) is 144 Å². The molecule has 0 radical (unpaired) electrons. The lowest BCUT2D eigenvalue weighted by atomic mass is 9.82. The first-order valence-electron chi connectivity index (χ1n) is 14.7. The van der Waals surface area contributed by atoms with E-state index in [1.165, 1.54) is 60.7 Å². The van der Waals surface area contributed by atoms with Crippen LogP contribution in [0.4, 0.5) is 8.78 Å². The van der Waals surface area contributed by atoms with E-state index in [0.717, 1.165) is 36.8 Å². The number of hydrogen-bond acceptors (Lipinski definition) is 7. The van der Waals surface area contributed by atoms with Gasteiger partial charge in [0.2, 0.25) is 0 Å². The number of amides is 2. The predicted molar refractivity (Wildman–Crippen MR) is 177 cm³/mol. The van der Waals surface area contributed by atoms with Crippen LogP contribution in [0.1, 0.15) is 54.8 Å². The zero-order valence-electron chi connectivity index (χ0n) is 26.6. The molecule has 13 heteroatoms. The number of hydrogen-bond donors (Lipinski definition) is 2. The molecule has 2 N–H and O–H groups in total. The van der Waals surface area contributed by atoms with Crippen molar-refractivity contribution in [2.24, 2.45) is 0 Å². The Bertz CT molecular complexity index is 1930. The lowest BCUT2D eigenvalue weighted by Crippen LogP contribution is -2.38. The Balaban J connectivity index is 1.77. The highest BCUT2D eigenvalue weighted by molar-refractivity contribution is 7.91. The van der Waals surface area contributed by atoms with E-state index in [9.17, 15) is 40.0 Å². The monoisotopic (exact) mass is 696 g/mol. The molecule has 2 amide bonds. The molecule has 0 bridgehead atoms. The highest BCUT2D eigenvalue weighted by Gasteiger charge is 2.32. The maximum atomic E-state index is 14.6. The van der Waals surface area contributed by atoms with Gasteiger partial charge >= 0.3 is 0 Å². The van der Waals surface area contributed by atoms with E-state index in [1.807, 2.05) is 0 Å². The van der Waals surface area contributed by atoms with Crippen LogP contribution in [0.25, 0.3) is 0 Å². The van der Waals surface area contributed by atoms with Crippen LogP contribution in [0, 0.1) is 25.5 Å². The smallest absolute Gasteiger partial charge is 0.251 e. The van der Waals surface area contributed by atoms with Gasteiger partial charge in [0.1, 0.15) is 11.6 Å². The largest absolute Gasteiger partial charge is 0.351 e. The molecule has 4 rings (SSSR count). The Morgan fingerprint density at radius 1 is 0.583 bits per heavy atom. The van der Waals surface area contributed by atoms with Gasteiger partial charge in [-0.25, -0.2) is 25.6 Å². The van der Waals surface area contributed by atoms with E-state index >= 15 is 0 Å². The summed E-state index contributed by atoms with van der Waals surface area (Å²) < 4.78 is 76.2. The van der Waals surface area contributed by atoms with E-state index in [4.69, 9.17) is 0 Å². The van der Waals surface area contributed by atoms with Crippen LogP contribution >= 0.6 is 0 Å². The first-order chi connectivity index (χ1) is 22.5. The molecular formula is C35H34F2N2O7S2. The molecule has 4 aromatic carbocycles. The minimum Gasteiger partial charge on any atom is -0.351 e.